The Morgan fingerprint density at radius 1 is 1.26 bits per heavy atom. The van der Waals surface area contributed by atoms with Gasteiger partial charge in [0.2, 0.25) is 11.8 Å². The van der Waals surface area contributed by atoms with E-state index in [1.165, 1.54) is 11.8 Å². The molecule has 7 heteroatoms. The van der Waals surface area contributed by atoms with Crippen molar-refractivity contribution < 1.29 is 9.59 Å². The van der Waals surface area contributed by atoms with Gasteiger partial charge in [-0.15, -0.1) is 0 Å². The van der Waals surface area contributed by atoms with E-state index in [-0.39, 0.29) is 29.9 Å². The first-order chi connectivity index (χ1) is 13.1. The van der Waals surface area contributed by atoms with Crippen LogP contribution in [0.2, 0.25) is 0 Å². The second-order valence-electron chi connectivity index (χ2n) is 5.92. The van der Waals surface area contributed by atoms with E-state index in [0.717, 1.165) is 10.0 Å². The van der Waals surface area contributed by atoms with Gasteiger partial charge in [-0.05, 0) is 29.8 Å². The molecule has 0 radical (unpaired) electrons. The first-order valence-corrected chi connectivity index (χ1v) is 10.0. The van der Waals surface area contributed by atoms with Crippen LogP contribution in [0.15, 0.2) is 69.7 Å². The zero-order valence-electron chi connectivity index (χ0n) is 14.2. The van der Waals surface area contributed by atoms with Crippen molar-refractivity contribution in [2.75, 3.05) is 11.1 Å². The summed E-state index contributed by atoms with van der Waals surface area (Å²) in [6.45, 7) is 0. The van der Waals surface area contributed by atoms with Crippen LogP contribution < -0.4 is 10.6 Å². The number of anilines is 1. The minimum atomic E-state index is -0.319. The lowest BCUT2D eigenvalue weighted by Gasteiger charge is -2.25. The monoisotopic (exact) mass is 441 g/mol. The van der Waals surface area contributed by atoms with Crippen LogP contribution in [-0.2, 0) is 9.59 Å². The van der Waals surface area contributed by atoms with Crippen molar-refractivity contribution in [3.63, 3.8) is 0 Å². The van der Waals surface area contributed by atoms with Gasteiger partial charge in [-0.25, -0.2) is 0 Å². The van der Waals surface area contributed by atoms with Crippen molar-refractivity contribution >= 4 is 45.2 Å². The SMILES string of the molecule is N#CC1=C(SCC(=O)Nc2ccccc2)NC(=O)C[C@@H]1c1cccc(Br)c1. The van der Waals surface area contributed by atoms with E-state index in [0.29, 0.717) is 16.3 Å². The number of amides is 2. The Morgan fingerprint density at radius 2 is 2.04 bits per heavy atom. The summed E-state index contributed by atoms with van der Waals surface area (Å²) in [4.78, 5) is 24.3. The Bertz CT molecular complexity index is 938. The van der Waals surface area contributed by atoms with E-state index in [2.05, 4.69) is 32.6 Å². The Kier molecular flexibility index (Phi) is 6.32. The predicted octanol–water partition coefficient (Wildman–Crippen LogP) is 4.16. The van der Waals surface area contributed by atoms with Crippen molar-refractivity contribution in [3.05, 3.63) is 75.2 Å². The fourth-order valence-electron chi connectivity index (χ4n) is 2.80. The summed E-state index contributed by atoms with van der Waals surface area (Å²) in [6, 6.07) is 18.9. The largest absolute Gasteiger partial charge is 0.325 e. The smallest absolute Gasteiger partial charge is 0.234 e. The van der Waals surface area contributed by atoms with Crippen LogP contribution in [0.25, 0.3) is 0 Å². The zero-order chi connectivity index (χ0) is 19.2. The number of para-hydroxylation sites is 1. The second kappa shape index (κ2) is 8.89. The van der Waals surface area contributed by atoms with E-state index in [4.69, 9.17) is 0 Å². The first-order valence-electron chi connectivity index (χ1n) is 8.24. The Morgan fingerprint density at radius 3 is 2.74 bits per heavy atom. The summed E-state index contributed by atoms with van der Waals surface area (Å²) in [7, 11) is 0. The fraction of sp³-hybridized carbons (Fsp3) is 0.150. The molecule has 0 bridgehead atoms. The summed E-state index contributed by atoms with van der Waals surface area (Å²) < 4.78 is 0.889. The average Bonchev–Trinajstić information content (AvgIpc) is 2.66. The lowest BCUT2D eigenvalue weighted by atomic mass is 9.87. The molecule has 1 atom stereocenters. The maximum absolute atomic E-state index is 12.2. The van der Waals surface area contributed by atoms with Crippen molar-refractivity contribution in [3.8, 4) is 6.07 Å². The minimum Gasteiger partial charge on any atom is -0.325 e. The van der Waals surface area contributed by atoms with E-state index in [9.17, 15) is 14.9 Å². The van der Waals surface area contributed by atoms with Gasteiger partial charge in [0.1, 0.15) is 0 Å². The molecule has 0 fully saturated rings. The molecule has 2 aromatic rings. The molecule has 0 aromatic heterocycles. The quantitative estimate of drug-likeness (QED) is 0.729. The molecule has 2 amide bonds. The van der Waals surface area contributed by atoms with Gasteiger partial charge in [0.05, 0.1) is 22.4 Å². The number of hydrogen-bond acceptors (Lipinski definition) is 4. The van der Waals surface area contributed by atoms with Gasteiger partial charge in [0.15, 0.2) is 0 Å². The summed E-state index contributed by atoms with van der Waals surface area (Å²) in [5, 5.41) is 15.6. The van der Waals surface area contributed by atoms with Crippen LogP contribution in [0.1, 0.15) is 17.9 Å². The highest BCUT2D eigenvalue weighted by Gasteiger charge is 2.29. The lowest BCUT2D eigenvalue weighted by Crippen LogP contribution is -2.31. The van der Waals surface area contributed by atoms with Crippen LogP contribution in [0, 0.1) is 11.3 Å². The lowest BCUT2D eigenvalue weighted by molar-refractivity contribution is -0.121. The van der Waals surface area contributed by atoms with Gasteiger partial charge in [-0.3, -0.25) is 9.59 Å². The molecule has 1 aliphatic heterocycles. The van der Waals surface area contributed by atoms with E-state index >= 15 is 0 Å². The summed E-state index contributed by atoms with van der Waals surface area (Å²) in [5.41, 5.74) is 2.07. The molecular weight excluding hydrogens is 426 g/mol. The van der Waals surface area contributed by atoms with Crippen LogP contribution in [0.5, 0.6) is 0 Å². The third kappa shape index (κ3) is 5.00. The summed E-state index contributed by atoms with van der Waals surface area (Å²) >= 11 is 4.59. The predicted molar refractivity (Wildman–Crippen MR) is 110 cm³/mol. The molecule has 0 saturated heterocycles. The summed E-state index contributed by atoms with van der Waals surface area (Å²) in [5.74, 6) is -0.582. The van der Waals surface area contributed by atoms with Crippen molar-refractivity contribution in [2.45, 2.75) is 12.3 Å². The highest BCUT2D eigenvalue weighted by Crippen LogP contribution is 2.36. The van der Waals surface area contributed by atoms with Crippen molar-refractivity contribution in [2.24, 2.45) is 0 Å². The van der Waals surface area contributed by atoms with Crippen molar-refractivity contribution in [1.82, 2.24) is 5.32 Å². The topological polar surface area (TPSA) is 82.0 Å². The number of rotatable bonds is 5. The Hall–Kier alpha value is -2.56. The standard InChI is InChI=1S/C20H16BrN3O2S/c21-14-6-4-5-13(9-14)16-10-18(25)24-20(17(16)11-22)27-12-19(26)23-15-7-2-1-3-8-15/h1-9,16H,10,12H2,(H,23,26)(H,24,25)/t16-/m1/s1. The number of benzene rings is 2. The molecule has 0 saturated carbocycles. The third-order valence-electron chi connectivity index (χ3n) is 4.01. The molecule has 0 aliphatic carbocycles. The number of carbonyl (C=O) groups excluding carboxylic acids is 2. The maximum Gasteiger partial charge on any atom is 0.234 e. The van der Waals surface area contributed by atoms with Gasteiger partial charge < -0.3 is 10.6 Å². The molecule has 1 aliphatic rings. The van der Waals surface area contributed by atoms with Gasteiger partial charge in [0, 0.05) is 22.5 Å². The first kappa shape index (κ1) is 19.2. The number of allylic oxidation sites excluding steroid dienone is 1. The van der Waals surface area contributed by atoms with Gasteiger partial charge >= 0.3 is 0 Å². The molecule has 136 valence electrons. The van der Waals surface area contributed by atoms with Crippen LogP contribution in [0.4, 0.5) is 5.69 Å². The minimum absolute atomic E-state index is 0.0981. The molecule has 3 rings (SSSR count). The summed E-state index contributed by atoms with van der Waals surface area (Å²) in [6.07, 6.45) is 0.208. The highest BCUT2D eigenvalue weighted by molar-refractivity contribution is 9.10. The van der Waals surface area contributed by atoms with E-state index in [1.54, 1.807) is 12.1 Å². The number of hydrogen-bond donors (Lipinski definition) is 2. The molecule has 5 nitrogen and oxygen atoms in total. The molecular formula is C20H16BrN3O2S. The number of carbonyl (C=O) groups is 2. The number of nitrogens with zero attached hydrogens (tertiary/aromatic N) is 1. The number of halogens is 1. The second-order valence-corrected chi connectivity index (χ2v) is 7.82. The number of nitrogens with one attached hydrogen (secondary N) is 2. The van der Waals surface area contributed by atoms with Crippen LogP contribution >= 0.6 is 27.7 Å². The zero-order valence-corrected chi connectivity index (χ0v) is 16.6. The molecule has 0 spiro atoms. The molecule has 2 N–H and O–H groups in total. The third-order valence-corrected chi connectivity index (χ3v) is 5.52. The van der Waals surface area contributed by atoms with Gasteiger partial charge in [-0.1, -0.05) is 58.0 Å². The average molecular weight is 442 g/mol. The maximum atomic E-state index is 12.2. The normalized spacial score (nSPS) is 16.4. The van der Waals surface area contributed by atoms with E-state index < -0.39 is 0 Å². The van der Waals surface area contributed by atoms with Gasteiger partial charge in [0.25, 0.3) is 0 Å². The molecule has 27 heavy (non-hydrogen) atoms. The Labute approximate surface area is 170 Å². The molecule has 2 aromatic carbocycles. The number of nitriles is 1. The number of thioether (sulfide) groups is 1. The highest BCUT2D eigenvalue weighted by atomic mass is 79.9. The Balaban J connectivity index is 1.76. The van der Waals surface area contributed by atoms with E-state index in [1.807, 2.05) is 42.5 Å². The van der Waals surface area contributed by atoms with Gasteiger partial charge in [-0.2, -0.15) is 5.26 Å². The van der Waals surface area contributed by atoms with Crippen LogP contribution in [0.3, 0.4) is 0 Å². The molecule has 0 unspecified atom stereocenters. The van der Waals surface area contributed by atoms with Crippen molar-refractivity contribution in [1.29, 1.82) is 5.26 Å². The fourth-order valence-corrected chi connectivity index (χ4v) is 4.09. The van der Waals surface area contributed by atoms with Crippen LogP contribution in [-0.4, -0.2) is 17.6 Å². The molecule has 1 heterocycles.